The molecular formula is C14H13N3O4S. The van der Waals surface area contributed by atoms with Gasteiger partial charge in [0, 0.05) is 11.6 Å². The minimum absolute atomic E-state index is 0.213. The number of rotatable bonds is 5. The molecule has 0 saturated carbocycles. The summed E-state index contributed by atoms with van der Waals surface area (Å²) in [5.41, 5.74) is 0.853. The van der Waals surface area contributed by atoms with Gasteiger partial charge >= 0.3 is 0 Å². The minimum atomic E-state index is -3.96. The Balaban J connectivity index is 2.22. The molecule has 0 amide bonds. The van der Waals surface area contributed by atoms with Gasteiger partial charge in [0.2, 0.25) is 0 Å². The van der Waals surface area contributed by atoms with Gasteiger partial charge in [0.25, 0.3) is 15.7 Å². The van der Waals surface area contributed by atoms with E-state index in [1.54, 1.807) is 24.3 Å². The zero-order valence-corrected chi connectivity index (χ0v) is 12.4. The predicted molar refractivity (Wildman–Crippen MR) is 82.2 cm³/mol. The number of hydrogen-bond acceptors (Lipinski definition) is 5. The largest absolute Gasteiger partial charge is 0.276 e. The molecule has 2 aromatic carbocycles. The summed E-state index contributed by atoms with van der Waals surface area (Å²) in [5, 5.41) is 14.5. The van der Waals surface area contributed by atoms with Gasteiger partial charge in [-0.3, -0.25) is 10.1 Å². The quantitative estimate of drug-likeness (QED) is 0.518. The van der Waals surface area contributed by atoms with E-state index < -0.39 is 14.9 Å². The van der Waals surface area contributed by atoms with Crippen LogP contribution in [0.3, 0.4) is 0 Å². The van der Waals surface area contributed by atoms with Crippen molar-refractivity contribution in [1.82, 2.24) is 4.83 Å². The number of nitro groups is 1. The highest BCUT2D eigenvalue weighted by Gasteiger charge is 2.19. The first kappa shape index (κ1) is 15.6. The van der Waals surface area contributed by atoms with Gasteiger partial charge in [-0.2, -0.15) is 13.5 Å². The average molecular weight is 319 g/mol. The van der Waals surface area contributed by atoms with Crippen molar-refractivity contribution < 1.29 is 13.3 Å². The third-order valence-electron chi connectivity index (χ3n) is 2.87. The molecule has 22 heavy (non-hydrogen) atoms. The highest BCUT2D eigenvalue weighted by molar-refractivity contribution is 7.89. The maximum atomic E-state index is 12.1. The van der Waals surface area contributed by atoms with Gasteiger partial charge in [-0.25, -0.2) is 4.83 Å². The molecule has 0 aliphatic heterocycles. The Morgan fingerprint density at radius 3 is 2.50 bits per heavy atom. The fourth-order valence-electron chi connectivity index (χ4n) is 1.72. The molecule has 114 valence electrons. The van der Waals surface area contributed by atoms with Crippen LogP contribution in [0.1, 0.15) is 11.1 Å². The minimum Gasteiger partial charge on any atom is -0.258 e. The van der Waals surface area contributed by atoms with E-state index in [1.165, 1.54) is 25.3 Å². The summed E-state index contributed by atoms with van der Waals surface area (Å²) in [5.74, 6) is 0. The lowest BCUT2D eigenvalue weighted by atomic mass is 10.2. The van der Waals surface area contributed by atoms with Crippen molar-refractivity contribution in [1.29, 1.82) is 0 Å². The number of benzene rings is 2. The smallest absolute Gasteiger partial charge is 0.258 e. The second kappa shape index (κ2) is 6.35. The van der Waals surface area contributed by atoms with Gasteiger partial charge in [-0.15, -0.1) is 0 Å². The standard InChI is InChI=1S/C14H13N3O4S/c1-11-7-8-13(9-14(11)17(18)19)22(20,21)16-15-10-12-5-3-2-4-6-12/h2-10,16H,1H3/b15-10-. The molecule has 2 rings (SSSR count). The van der Waals surface area contributed by atoms with Crippen LogP contribution in [0.4, 0.5) is 5.69 Å². The van der Waals surface area contributed by atoms with Gasteiger partial charge in [-0.1, -0.05) is 36.4 Å². The van der Waals surface area contributed by atoms with Crippen molar-refractivity contribution in [3.8, 4) is 0 Å². The lowest BCUT2D eigenvalue weighted by Gasteiger charge is -2.04. The molecule has 7 nitrogen and oxygen atoms in total. The van der Waals surface area contributed by atoms with Gasteiger partial charge in [-0.05, 0) is 18.6 Å². The Bertz CT molecular complexity index is 817. The maximum absolute atomic E-state index is 12.1. The summed E-state index contributed by atoms with van der Waals surface area (Å²) in [6.07, 6.45) is 1.35. The Morgan fingerprint density at radius 2 is 1.86 bits per heavy atom. The van der Waals surface area contributed by atoms with E-state index in [2.05, 4.69) is 5.10 Å². The fraction of sp³-hybridized carbons (Fsp3) is 0.0714. The van der Waals surface area contributed by atoms with E-state index in [1.807, 2.05) is 10.9 Å². The molecule has 1 N–H and O–H groups in total. The van der Waals surface area contributed by atoms with Crippen LogP contribution in [0, 0.1) is 17.0 Å². The number of nitro benzene ring substituents is 1. The van der Waals surface area contributed by atoms with Crippen molar-refractivity contribution in [3.63, 3.8) is 0 Å². The third kappa shape index (κ3) is 3.67. The first-order valence-corrected chi connectivity index (χ1v) is 7.73. The first-order chi connectivity index (χ1) is 10.4. The molecule has 2 aromatic rings. The SMILES string of the molecule is Cc1ccc(S(=O)(=O)N/N=C\c2ccccc2)cc1[N+](=O)[O-]. The van der Waals surface area contributed by atoms with Crippen LogP contribution in [0.25, 0.3) is 0 Å². The molecule has 0 bridgehead atoms. The molecular weight excluding hydrogens is 306 g/mol. The van der Waals surface area contributed by atoms with Crippen LogP contribution in [0.15, 0.2) is 58.5 Å². The fourth-order valence-corrected chi connectivity index (χ4v) is 2.53. The number of sulfonamides is 1. The van der Waals surface area contributed by atoms with Crippen LogP contribution in [0.2, 0.25) is 0 Å². The Labute approximate surface area is 127 Å². The number of nitrogens with one attached hydrogen (secondary N) is 1. The van der Waals surface area contributed by atoms with Gasteiger partial charge < -0.3 is 0 Å². The highest BCUT2D eigenvalue weighted by Crippen LogP contribution is 2.21. The molecule has 0 spiro atoms. The van der Waals surface area contributed by atoms with Crippen molar-refractivity contribution in [2.24, 2.45) is 5.10 Å². The second-order valence-electron chi connectivity index (χ2n) is 4.47. The first-order valence-electron chi connectivity index (χ1n) is 6.25. The highest BCUT2D eigenvalue weighted by atomic mass is 32.2. The lowest BCUT2D eigenvalue weighted by molar-refractivity contribution is -0.385. The second-order valence-corrected chi connectivity index (χ2v) is 6.13. The van der Waals surface area contributed by atoms with E-state index in [0.29, 0.717) is 5.56 Å². The van der Waals surface area contributed by atoms with Crippen molar-refractivity contribution in [3.05, 3.63) is 69.8 Å². The molecule has 0 aliphatic carbocycles. The lowest BCUT2D eigenvalue weighted by Crippen LogP contribution is -2.18. The Kier molecular flexibility index (Phi) is 4.52. The number of hydrogen-bond donors (Lipinski definition) is 1. The number of hydrazone groups is 1. The van der Waals surface area contributed by atoms with Crippen LogP contribution in [-0.2, 0) is 10.0 Å². The van der Waals surface area contributed by atoms with Crippen LogP contribution in [0.5, 0.6) is 0 Å². The summed E-state index contributed by atoms with van der Waals surface area (Å²) in [6, 6.07) is 12.6. The van der Waals surface area contributed by atoms with Gasteiger partial charge in [0.05, 0.1) is 16.0 Å². The predicted octanol–water partition coefficient (Wildman–Crippen LogP) is 2.22. The summed E-state index contributed by atoms with van der Waals surface area (Å²) in [7, 11) is -3.96. The van der Waals surface area contributed by atoms with E-state index in [9.17, 15) is 18.5 Å². The topological polar surface area (TPSA) is 102 Å². The summed E-state index contributed by atoms with van der Waals surface area (Å²) in [6.45, 7) is 1.54. The van der Waals surface area contributed by atoms with Crippen molar-refractivity contribution in [2.45, 2.75) is 11.8 Å². The molecule has 0 fully saturated rings. The molecule has 0 unspecified atom stereocenters. The number of aryl methyl sites for hydroxylation is 1. The Morgan fingerprint density at radius 1 is 1.18 bits per heavy atom. The molecule has 8 heteroatoms. The average Bonchev–Trinajstić information content (AvgIpc) is 2.48. The monoisotopic (exact) mass is 319 g/mol. The van der Waals surface area contributed by atoms with Crippen LogP contribution >= 0.6 is 0 Å². The van der Waals surface area contributed by atoms with E-state index in [-0.39, 0.29) is 10.6 Å². The van der Waals surface area contributed by atoms with Crippen molar-refractivity contribution in [2.75, 3.05) is 0 Å². The maximum Gasteiger partial charge on any atom is 0.276 e. The normalized spacial score (nSPS) is 11.5. The van der Waals surface area contributed by atoms with E-state index in [0.717, 1.165) is 11.6 Å². The van der Waals surface area contributed by atoms with E-state index >= 15 is 0 Å². The zero-order chi connectivity index (χ0) is 16.2. The summed E-state index contributed by atoms with van der Waals surface area (Å²) >= 11 is 0. The molecule has 0 atom stereocenters. The van der Waals surface area contributed by atoms with Crippen molar-refractivity contribution >= 4 is 21.9 Å². The molecule has 0 radical (unpaired) electrons. The summed E-state index contributed by atoms with van der Waals surface area (Å²) < 4.78 is 24.1. The zero-order valence-electron chi connectivity index (χ0n) is 11.6. The third-order valence-corrected chi connectivity index (χ3v) is 4.09. The molecule has 0 aliphatic rings. The Hall–Kier alpha value is -2.74. The molecule has 0 saturated heterocycles. The summed E-state index contributed by atoms with van der Waals surface area (Å²) in [4.78, 5) is 12.1. The van der Waals surface area contributed by atoms with E-state index in [4.69, 9.17) is 0 Å². The van der Waals surface area contributed by atoms with Gasteiger partial charge in [0.1, 0.15) is 0 Å². The molecule has 0 aromatic heterocycles. The van der Waals surface area contributed by atoms with Crippen LogP contribution < -0.4 is 4.83 Å². The van der Waals surface area contributed by atoms with Crippen LogP contribution in [-0.4, -0.2) is 19.6 Å². The molecule has 0 heterocycles. The number of nitrogens with zero attached hydrogens (tertiary/aromatic N) is 2. The van der Waals surface area contributed by atoms with Gasteiger partial charge in [0.15, 0.2) is 0 Å².